The molecule has 1 aliphatic heterocycles. The molecule has 19 heavy (non-hydrogen) atoms. The smallest absolute Gasteiger partial charge is 0.243 e. The van der Waals surface area contributed by atoms with Crippen molar-refractivity contribution in [2.24, 2.45) is 5.92 Å². The minimum Gasteiger partial charge on any atom is -0.399 e. The van der Waals surface area contributed by atoms with Crippen LogP contribution in [-0.2, 0) is 10.0 Å². The van der Waals surface area contributed by atoms with E-state index < -0.39 is 10.0 Å². The molecule has 1 aromatic carbocycles. The largest absolute Gasteiger partial charge is 0.399 e. The summed E-state index contributed by atoms with van der Waals surface area (Å²) in [5.41, 5.74) is 6.19. The summed E-state index contributed by atoms with van der Waals surface area (Å²) < 4.78 is 26.7. The number of nitrogens with zero attached hydrogens (tertiary/aromatic N) is 1. The fourth-order valence-electron chi connectivity index (χ4n) is 2.58. The third-order valence-electron chi connectivity index (χ3n) is 3.90. The molecule has 1 aliphatic rings. The van der Waals surface area contributed by atoms with Gasteiger partial charge in [-0.25, -0.2) is 8.42 Å². The minimum absolute atomic E-state index is 0.344. The van der Waals surface area contributed by atoms with Crippen LogP contribution in [0.3, 0.4) is 0 Å². The Labute approximate surface area is 115 Å². The summed E-state index contributed by atoms with van der Waals surface area (Å²) >= 11 is 0. The molecular weight excluding hydrogens is 260 g/mol. The Kier molecular flexibility index (Phi) is 4.47. The second-order valence-corrected chi connectivity index (χ2v) is 7.12. The molecule has 2 rings (SSSR count). The van der Waals surface area contributed by atoms with Crippen molar-refractivity contribution in [3.8, 4) is 0 Å². The van der Waals surface area contributed by atoms with Gasteiger partial charge in [0.15, 0.2) is 0 Å². The van der Waals surface area contributed by atoms with E-state index in [2.05, 4.69) is 6.92 Å². The van der Waals surface area contributed by atoms with E-state index in [4.69, 9.17) is 5.73 Å². The quantitative estimate of drug-likeness (QED) is 0.866. The first-order chi connectivity index (χ1) is 9.04. The number of benzene rings is 1. The van der Waals surface area contributed by atoms with Crippen LogP contribution in [0, 0.1) is 5.92 Å². The van der Waals surface area contributed by atoms with Crippen molar-refractivity contribution < 1.29 is 8.42 Å². The number of sulfonamides is 1. The molecule has 1 aromatic rings. The van der Waals surface area contributed by atoms with Crippen LogP contribution in [0.15, 0.2) is 29.2 Å². The lowest BCUT2D eigenvalue weighted by molar-refractivity contribution is 0.407. The zero-order chi connectivity index (χ0) is 13.9. The maximum atomic E-state index is 12.5. The standard InChI is InChI=1S/C14H22N2O2S/c1-2-12-4-3-10-16(11-9-12)19(17,18)14-7-5-13(15)6-8-14/h5-8,12H,2-4,9-11,15H2,1H3. The molecule has 1 unspecified atom stereocenters. The van der Waals surface area contributed by atoms with Crippen LogP contribution < -0.4 is 5.73 Å². The van der Waals surface area contributed by atoms with Crippen LogP contribution in [0.5, 0.6) is 0 Å². The first-order valence-corrected chi connectivity index (χ1v) is 8.33. The van der Waals surface area contributed by atoms with Crippen molar-refractivity contribution in [2.45, 2.75) is 37.5 Å². The molecule has 0 spiro atoms. The summed E-state index contributed by atoms with van der Waals surface area (Å²) in [4.78, 5) is 0.344. The van der Waals surface area contributed by atoms with Crippen LogP contribution in [0.25, 0.3) is 0 Å². The number of nitrogen functional groups attached to an aromatic ring is 1. The van der Waals surface area contributed by atoms with E-state index in [-0.39, 0.29) is 0 Å². The molecule has 106 valence electrons. The molecular formula is C14H22N2O2S. The zero-order valence-corrected chi connectivity index (χ0v) is 12.2. The fraction of sp³-hybridized carbons (Fsp3) is 0.571. The van der Waals surface area contributed by atoms with Crippen molar-refractivity contribution in [2.75, 3.05) is 18.8 Å². The molecule has 0 saturated carbocycles. The Hall–Kier alpha value is -1.07. The van der Waals surface area contributed by atoms with E-state index >= 15 is 0 Å². The molecule has 1 atom stereocenters. The second kappa shape index (κ2) is 5.92. The molecule has 4 nitrogen and oxygen atoms in total. The van der Waals surface area contributed by atoms with Gasteiger partial charge in [0.05, 0.1) is 4.90 Å². The number of hydrogen-bond donors (Lipinski definition) is 1. The van der Waals surface area contributed by atoms with Gasteiger partial charge in [-0.2, -0.15) is 4.31 Å². The van der Waals surface area contributed by atoms with Crippen LogP contribution in [-0.4, -0.2) is 25.8 Å². The highest BCUT2D eigenvalue weighted by atomic mass is 32.2. The average Bonchev–Trinajstić information content (AvgIpc) is 2.65. The molecule has 0 amide bonds. The topological polar surface area (TPSA) is 63.4 Å². The van der Waals surface area contributed by atoms with E-state index in [9.17, 15) is 8.42 Å². The van der Waals surface area contributed by atoms with Crippen molar-refractivity contribution in [1.29, 1.82) is 0 Å². The lowest BCUT2D eigenvalue weighted by atomic mass is 9.98. The molecule has 0 aliphatic carbocycles. The summed E-state index contributed by atoms with van der Waals surface area (Å²) in [6.07, 6.45) is 4.18. The number of nitrogens with two attached hydrogens (primary N) is 1. The summed E-state index contributed by atoms with van der Waals surface area (Å²) in [5, 5.41) is 0. The monoisotopic (exact) mass is 282 g/mol. The van der Waals surface area contributed by atoms with E-state index in [1.165, 1.54) is 0 Å². The Morgan fingerprint density at radius 3 is 2.53 bits per heavy atom. The highest BCUT2D eigenvalue weighted by Crippen LogP contribution is 2.25. The Morgan fingerprint density at radius 2 is 1.89 bits per heavy atom. The van der Waals surface area contributed by atoms with Gasteiger partial charge in [0.2, 0.25) is 10.0 Å². The molecule has 0 bridgehead atoms. The minimum atomic E-state index is -3.36. The molecule has 0 aromatic heterocycles. The predicted molar refractivity (Wildman–Crippen MR) is 77.2 cm³/mol. The maximum absolute atomic E-state index is 12.5. The lowest BCUT2D eigenvalue weighted by Gasteiger charge is -2.20. The molecule has 1 heterocycles. The summed E-state index contributed by atoms with van der Waals surface area (Å²) in [6.45, 7) is 3.43. The zero-order valence-electron chi connectivity index (χ0n) is 11.4. The third kappa shape index (κ3) is 3.28. The third-order valence-corrected chi connectivity index (χ3v) is 5.81. The SMILES string of the molecule is CCC1CCCN(S(=O)(=O)c2ccc(N)cc2)CC1. The van der Waals surface area contributed by atoms with Crippen molar-refractivity contribution in [3.63, 3.8) is 0 Å². The molecule has 0 radical (unpaired) electrons. The normalized spacial score (nSPS) is 22.1. The Balaban J connectivity index is 2.17. The first-order valence-electron chi connectivity index (χ1n) is 6.89. The number of rotatable bonds is 3. The second-order valence-electron chi connectivity index (χ2n) is 5.18. The van der Waals surface area contributed by atoms with E-state index in [0.29, 0.717) is 29.6 Å². The lowest BCUT2D eigenvalue weighted by Crippen LogP contribution is -2.32. The molecule has 1 saturated heterocycles. The molecule has 5 heteroatoms. The Morgan fingerprint density at radius 1 is 1.21 bits per heavy atom. The first kappa shape index (κ1) is 14.3. The number of anilines is 1. The Bertz CT molecular complexity index is 511. The maximum Gasteiger partial charge on any atom is 0.243 e. The van der Waals surface area contributed by atoms with Gasteiger partial charge in [0.1, 0.15) is 0 Å². The van der Waals surface area contributed by atoms with Crippen molar-refractivity contribution in [3.05, 3.63) is 24.3 Å². The van der Waals surface area contributed by atoms with Gasteiger partial charge in [0.25, 0.3) is 0 Å². The van der Waals surface area contributed by atoms with Gasteiger partial charge in [-0.05, 0) is 49.4 Å². The van der Waals surface area contributed by atoms with Gasteiger partial charge < -0.3 is 5.73 Å². The van der Waals surface area contributed by atoms with Crippen LogP contribution in [0.2, 0.25) is 0 Å². The van der Waals surface area contributed by atoms with Gasteiger partial charge in [0, 0.05) is 18.8 Å². The predicted octanol–water partition coefficient (Wildman–Crippen LogP) is 2.47. The molecule has 1 fully saturated rings. The van der Waals surface area contributed by atoms with Crippen LogP contribution in [0.1, 0.15) is 32.6 Å². The highest BCUT2D eigenvalue weighted by Gasteiger charge is 2.26. The number of hydrogen-bond acceptors (Lipinski definition) is 3. The summed E-state index contributed by atoms with van der Waals surface area (Å²) in [6, 6.07) is 6.46. The van der Waals surface area contributed by atoms with E-state index in [1.54, 1.807) is 28.6 Å². The van der Waals surface area contributed by atoms with Gasteiger partial charge in [-0.15, -0.1) is 0 Å². The van der Waals surface area contributed by atoms with Crippen molar-refractivity contribution in [1.82, 2.24) is 4.31 Å². The summed E-state index contributed by atoms with van der Waals surface area (Å²) in [7, 11) is -3.36. The van der Waals surface area contributed by atoms with Gasteiger partial charge >= 0.3 is 0 Å². The van der Waals surface area contributed by atoms with Crippen LogP contribution >= 0.6 is 0 Å². The summed E-state index contributed by atoms with van der Waals surface area (Å²) in [5.74, 6) is 0.659. The van der Waals surface area contributed by atoms with E-state index in [1.807, 2.05) is 0 Å². The molecule has 2 N–H and O–H groups in total. The van der Waals surface area contributed by atoms with Crippen molar-refractivity contribution >= 4 is 15.7 Å². The average molecular weight is 282 g/mol. The highest BCUT2D eigenvalue weighted by molar-refractivity contribution is 7.89. The van der Waals surface area contributed by atoms with Crippen LogP contribution in [0.4, 0.5) is 5.69 Å². The van der Waals surface area contributed by atoms with E-state index in [0.717, 1.165) is 25.7 Å². The van der Waals surface area contributed by atoms with Gasteiger partial charge in [-0.3, -0.25) is 0 Å². The van der Waals surface area contributed by atoms with Gasteiger partial charge in [-0.1, -0.05) is 13.3 Å². The fourth-order valence-corrected chi connectivity index (χ4v) is 4.07.